The molecule has 1 N–H and O–H groups in total. The molecule has 10 nitrogen and oxygen atoms in total. The number of likely N-dealkylation sites (tertiary alicyclic amines) is 1. The highest BCUT2D eigenvalue weighted by molar-refractivity contribution is 5.80. The minimum atomic E-state index is 0.00414. The molecule has 0 spiro atoms. The third-order valence-electron chi connectivity index (χ3n) is 9.87. The Kier molecular flexibility index (Phi) is 9.28. The van der Waals surface area contributed by atoms with E-state index in [9.17, 15) is 14.4 Å². The number of hydrogen-bond acceptors (Lipinski definition) is 6. The van der Waals surface area contributed by atoms with Gasteiger partial charge in [0, 0.05) is 57.5 Å². The molecule has 4 bridgehead atoms. The van der Waals surface area contributed by atoms with Crippen LogP contribution in [-0.2, 0) is 33.6 Å². The second kappa shape index (κ2) is 13.5. The number of imidazole rings is 1. The minimum absolute atomic E-state index is 0.00414. The number of piperidine rings is 2. The maximum atomic E-state index is 13.9. The Morgan fingerprint density at radius 1 is 1.04 bits per heavy atom. The average Bonchev–Trinajstić information content (AvgIpc) is 3.45. The first-order valence-electron chi connectivity index (χ1n) is 16.3. The van der Waals surface area contributed by atoms with Gasteiger partial charge in [-0.2, -0.15) is 0 Å². The molecule has 10 heteroatoms. The third kappa shape index (κ3) is 6.65. The summed E-state index contributed by atoms with van der Waals surface area (Å²) in [4.78, 5) is 48.9. The summed E-state index contributed by atoms with van der Waals surface area (Å²) in [5.74, 6) is 2.07. The van der Waals surface area contributed by atoms with Crippen molar-refractivity contribution in [3.63, 3.8) is 0 Å². The van der Waals surface area contributed by atoms with Gasteiger partial charge < -0.3 is 29.0 Å². The molecule has 6 rings (SSSR count). The van der Waals surface area contributed by atoms with Crippen molar-refractivity contribution < 1.29 is 23.9 Å². The molecule has 3 aromatic rings. The molecular weight excluding hydrogens is 570 g/mol. The molecule has 0 unspecified atom stereocenters. The number of nitrogens with zero attached hydrogens (tertiary/aromatic N) is 4. The van der Waals surface area contributed by atoms with Gasteiger partial charge in [0.15, 0.2) is 11.5 Å². The number of aryl methyl sites for hydroxylation is 3. The summed E-state index contributed by atoms with van der Waals surface area (Å²) in [5, 5.41) is 3.07. The molecular formula is C35H45N5O5. The van der Waals surface area contributed by atoms with E-state index in [-0.39, 0.29) is 35.6 Å². The van der Waals surface area contributed by atoms with Crippen molar-refractivity contribution in [3.05, 3.63) is 59.0 Å². The number of nitrogens with one attached hydrogen (secondary N) is 1. The fourth-order valence-corrected chi connectivity index (χ4v) is 7.71. The van der Waals surface area contributed by atoms with Gasteiger partial charge in [-0.3, -0.25) is 14.4 Å². The number of fused-ring (bicyclic) bond motifs is 7. The zero-order valence-electron chi connectivity index (χ0n) is 26.7. The lowest BCUT2D eigenvalue weighted by atomic mass is 9.77. The molecule has 3 atom stereocenters. The van der Waals surface area contributed by atoms with Crippen LogP contribution >= 0.6 is 0 Å². The van der Waals surface area contributed by atoms with Gasteiger partial charge in [0.1, 0.15) is 5.65 Å². The molecule has 3 aliphatic rings. The van der Waals surface area contributed by atoms with Crippen LogP contribution in [-0.4, -0.2) is 83.3 Å². The van der Waals surface area contributed by atoms with E-state index in [2.05, 4.69) is 21.3 Å². The lowest BCUT2D eigenvalue weighted by Gasteiger charge is -2.51. The molecule has 0 radical (unpaired) electrons. The van der Waals surface area contributed by atoms with Gasteiger partial charge in [0.2, 0.25) is 17.7 Å². The van der Waals surface area contributed by atoms with Crippen molar-refractivity contribution >= 4 is 23.4 Å². The summed E-state index contributed by atoms with van der Waals surface area (Å²) in [6.45, 7) is 4.54. The van der Waals surface area contributed by atoms with Gasteiger partial charge >= 0.3 is 0 Å². The van der Waals surface area contributed by atoms with E-state index >= 15 is 0 Å². The highest BCUT2D eigenvalue weighted by Gasteiger charge is 2.43. The standard InChI is InChI=1S/C35H45N5O5/c1-23-7-6-14-39-28(19-37-35(23)39)18-33(43)38-20-25-16-27(22-38)29-9-4-10-31(41)36-13-5-8-26-15-24(11-12-32(42)40(29)21-25)17-30(44-2)34(26)45-3/h6-7,14-15,17,19,25,27,29H,4-5,8-13,16,18,20-22H2,1-3H3,(H,36,41)/t25-,27-,29-/m0/s1. The van der Waals surface area contributed by atoms with Crippen molar-refractivity contribution in [1.29, 1.82) is 0 Å². The van der Waals surface area contributed by atoms with Crippen molar-refractivity contribution in [1.82, 2.24) is 24.5 Å². The predicted octanol–water partition coefficient (Wildman–Crippen LogP) is 3.74. The predicted molar refractivity (Wildman–Crippen MR) is 170 cm³/mol. The quantitative estimate of drug-likeness (QED) is 0.480. The molecule has 3 amide bonds. The van der Waals surface area contributed by atoms with E-state index in [0.29, 0.717) is 69.8 Å². The molecule has 0 saturated carbocycles. The molecule has 5 heterocycles. The normalized spacial score (nSPS) is 23.0. The number of aromatic nitrogens is 2. The van der Waals surface area contributed by atoms with E-state index in [4.69, 9.17) is 9.47 Å². The number of ether oxygens (including phenoxy) is 2. The Balaban J connectivity index is 1.20. The summed E-state index contributed by atoms with van der Waals surface area (Å²) in [6, 6.07) is 8.09. The first-order valence-corrected chi connectivity index (χ1v) is 16.3. The van der Waals surface area contributed by atoms with Crippen LogP contribution in [0.2, 0.25) is 0 Å². The maximum absolute atomic E-state index is 13.9. The number of amides is 3. The van der Waals surface area contributed by atoms with Crippen LogP contribution < -0.4 is 14.8 Å². The molecule has 2 fully saturated rings. The van der Waals surface area contributed by atoms with E-state index in [1.54, 1.807) is 20.4 Å². The Hall–Kier alpha value is -4.08. The Bertz CT molecular complexity index is 1570. The molecule has 45 heavy (non-hydrogen) atoms. The van der Waals surface area contributed by atoms with Crippen LogP contribution in [0.1, 0.15) is 60.9 Å². The second-order valence-electron chi connectivity index (χ2n) is 12.9. The zero-order valence-corrected chi connectivity index (χ0v) is 26.7. The smallest absolute Gasteiger partial charge is 0.228 e. The van der Waals surface area contributed by atoms with Crippen LogP contribution in [0.3, 0.4) is 0 Å². The first-order chi connectivity index (χ1) is 21.8. The van der Waals surface area contributed by atoms with E-state index in [1.165, 1.54) is 0 Å². The highest BCUT2D eigenvalue weighted by Crippen LogP contribution is 2.37. The van der Waals surface area contributed by atoms with Crippen molar-refractivity contribution in [2.24, 2.45) is 11.8 Å². The van der Waals surface area contributed by atoms with Crippen LogP contribution in [0.25, 0.3) is 5.65 Å². The van der Waals surface area contributed by atoms with Crippen LogP contribution in [0.4, 0.5) is 0 Å². The van der Waals surface area contributed by atoms with Crippen molar-refractivity contribution in [2.75, 3.05) is 40.4 Å². The lowest BCUT2D eigenvalue weighted by molar-refractivity contribution is -0.145. The lowest BCUT2D eigenvalue weighted by Crippen LogP contribution is -2.60. The molecule has 2 aromatic heterocycles. The summed E-state index contributed by atoms with van der Waals surface area (Å²) in [6.07, 6.45) is 9.50. The summed E-state index contributed by atoms with van der Waals surface area (Å²) < 4.78 is 13.3. The Morgan fingerprint density at radius 3 is 2.73 bits per heavy atom. The number of carbonyl (C=O) groups excluding carboxylic acids is 3. The third-order valence-corrected chi connectivity index (χ3v) is 9.87. The van der Waals surface area contributed by atoms with Gasteiger partial charge in [0.25, 0.3) is 0 Å². The fourth-order valence-electron chi connectivity index (χ4n) is 7.71. The number of methoxy groups -OCH3 is 2. The monoisotopic (exact) mass is 615 g/mol. The molecule has 2 saturated heterocycles. The average molecular weight is 616 g/mol. The number of benzene rings is 1. The first kappa shape index (κ1) is 30.9. The number of carbonyl (C=O) groups is 3. The molecule has 0 aliphatic carbocycles. The fraction of sp³-hybridized carbons (Fsp3) is 0.543. The highest BCUT2D eigenvalue weighted by atomic mass is 16.5. The van der Waals surface area contributed by atoms with Crippen LogP contribution in [0.5, 0.6) is 11.5 Å². The minimum Gasteiger partial charge on any atom is -0.493 e. The van der Waals surface area contributed by atoms with E-state index < -0.39 is 0 Å². The SMILES string of the molecule is COc1cc2cc(c1OC)CCCNC(=O)CCC[C@H]1[C@H]3C[C@@H](CN(C(=O)Cc4cnc5c(C)cccn45)C3)CN1C(=O)CC2. The van der Waals surface area contributed by atoms with Crippen molar-refractivity contribution in [2.45, 2.75) is 70.8 Å². The van der Waals surface area contributed by atoms with Crippen molar-refractivity contribution in [3.8, 4) is 11.5 Å². The van der Waals surface area contributed by atoms with Gasteiger partial charge in [0.05, 0.1) is 26.3 Å². The second-order valence-corrected chi connectivity index (χ2v) is 12.9. The zero-order chi connectivity index (χ0) is 31.5. The van der Waals surface area contributed by atoms with E-state index in [1.807, 2.05) is 40.6 Å². The summed E-state index contributed by atoms with van der Waals surface area (Å²) in [7, 11) is 3.27. The maximum Gasteiger partial charge on any atom is 0.228 e. The van der Waals surface area contributed by atoms with Gasteiger partial charge in [-0.15, -0.1) is 0 Å². The number of hydrogen-bond donors (Lipinski definition) is 1. The summed E-state index contributed by atoms with van der Waals surface area (Å²) in [5.41, 5.74) is 4.91. The Labute approximate surface area is 265 Å². The van der Waals surface area contributed by atoms with E-state index in [0.717, 1.165) is 53.7 Å². The molecule has 1 aromatic carbocycles. The molecule has 240 valence electrons. The largest absolute Gasteiger partial charge is 0.493 e. The topological polar surface area (TPSA) is 105 Å². The number of pyridine rings is 1. The van der Waals surface area contributed by atoms with Gasteiger partial charge in [-0.1, -0.05) is 12.1 Å². The summed E-state index contributed by atoms with van der Waals surface area (Å²) >= 11 is 0. The number of rotatable bonds is 4. The Morgan fingerprint density at radius 2 is 1.91 bits per heavy atom. The van der Waals surface area contributed by atoms with Gasteiger partial charge in [-0.25, -0.2) is 4.98 Å². The van der Waals surface area contributed by atoms with Crippen LogP contribution in [0.15, 0.2) is 36.7 Å². The van der Waals surface area contributed by atoms with Gasteiger partial charge in [-0.05, 0) is 86.1 Å². The van der Waals surface area contributed by atoms with Crippen LogP contribution in [0, 0.1) is 18.8 Å². The molecule has 3 aliphatic heterocycles.